The van der Waals surface area contributed by atoms with Gasteiger partial charge in [0.2, 0.25) is 0 Å². The van der Waals surface area contributed by atoms with Crippen molar-refractivity contribution in [2.75, 3.05) is 19.8 Å². The topological polar surface area (TPSA) is 72.6 Å². The first kappa shape index (κ1) is 10.5. The van der Waals surface area contributed by atoms with E-state index in [9.17, 15) is 4.79 Å². The van der Waals surface area contributed by atoms with Crippen molar-refractivity contribution in [1.29, 1.82) is 0 Å². The van der Waals surface area contributed by atoms with Crippen LogP contribution in [0.5, 0.6) is 0 Å². The number of hydrogen-bond donors (Lipinski definition) is 2. The van der Waals surface area contributed by atoms with Crippen LogP contribution in [0.25, 0.3) is 0 Å². The van der Waals surface area contributed by atoms with Crippen LogP contribution < -0.4 is 5.73 Å². The van der Waals surface area contributed by atoms with E-state index in [1.165, 1.54) is 0 Å². The van der Waals surface area contributed by atoms with Crippen molar-refractivity contribution < 1.29 is 14.6 Å². The highest BCUT2D eigenvalue weighted by atomic mass is 16.5. The van der Waals surface area contributed by atoms with Crippen LogP contribution in [-0.2, 0) is 9.53 Å². The van der Waals surface area contributed by atoms with Crippen LogP contribution in [0, 0.1) is 11.8 Å². The molecule has 1 saturated heterocycles. The lowest BCUT2D eigenvalue weighted by molar-refractivity contribution is -0.138. The Balaban J connectivity index is 2.39. The maximum atomic E-state index is 10.5. The molecule has 0 bridgehead atoms. The van der Waals surface area contributed by atoms with E-state index in [1.807, 2.05) is 0 Å². The molecule has 0 spiro atoms. The minimum atomic E-state index is -0.763. The van der Waals surface area contributed by atoms with Gasteiger partial charge in [0.05, 0.1) is 0 Å². The lowest BCUT2D eigenvalue weighted by Crippen LogP contribution is -2.31. The Morgan fingerprint density at radius 3 is 2.92 bits per heavy atom. The van der Waals surface area contributed by atoms with Crippen molar-refractivity contribution in [3.8, 4) is 0 Å². The summed E-state index contributed by atoms with van der Waals surface area (Å²) in [5, 5.41) is 8.65. The molecule has 1 aliphatic rings. The van der Waals surface area contributed by atoms with Crippen LogP contribution in [0.3, 0.4) is 0 Å². The van der Waals surface area contributed by atoms with Crippen molar-refractivity contribution in [3.05, 3.63) is 0 Å². The van der Waals surface area contributed by atoms with Gasteiger partial charge in [0.25, 0.3) is 0 Å². The van der Waals surface area contributed by atoms with E-state index < -0.39 is 5.97 Å². The molecular weight excluding hydrogens is 170 g/mol. The van der Waals surface area contributed by atoms with Crippen LogP contribution >= 0.6 is 0 Å². The number of ether oxygens (including phenoxy) is 1. The summed E-state index contributed by atoms with van der Waals surface area (Å²) >= 11 is 0. The van der Waals surface area contributed by atoms with Gasteiger partial charge in [0, 0.05) is 19.6 Å². The molecule has 0 aromatic heterocycles. The van der Waals surface area contributed by atoms with Crippen LogP contribution in [0.1, 0.15) is 19.3 Å². The van der Waals surface area contributed by atoms with Gasteiger partial charge in [-0.2, -0.15) is 0 Å². The van der Waals surface area contributed by atoms with E-state index in [-0.39, 0.29) is 12.3 Å². The maximum absolute atomic E-state index is 10.5. The third-order valence-electron chi connectivity index (χ3n) is 2.60. The van der Waals surface area contributed by atoms with Gasteiger partial charge in [-0.15, -0.1) is 0 Å². The third kappa shape index (κ3) is 3.32. The molecule has 1 rings (SSSR count). The number of aliphatic carboxylic acids is 1. The first-order chi connectivity index (χ1) is 6.24. The standard InChI is InChI=1S/C9H17NO3/c10-5-8(4-9(11)12)7-2-1-3-13-6-7/h7-8H,1-6,10H2,(H,11,12). The van der Waals surface area contributed by atoms with Crippen LogP contribution in [0.4, 0.5) is 0 Å². The minimum absolute atomic E-state index is 0.0813. The lowest BCUT2D eigenvalue weighted by Gasteiger charge is -2.28. The number of carboxylic acid groups (broad SMARTS) is 1. The van der Waals surface area contributed by atoms with E-state index >= 15 is 0 Å². The van der Waals surface area contributed by atoms with Gasteiger partial charge < -0.3 is 15.6 Å². The fraction of sp³-hybridized carbons (Fsp3) is 0.889. The summed E-state index contributed by atoms with van der Waals surface area (Å²) in [7, 11) is 0. The van der Waals surface area contributed by atoms with E-state index in [4.69, 9.17) is 15.6 Å². The van der Waals surface area contributed by atoms with Gasteiger partial charge in [-0.25, -0.2) is 0 Å². The van der Waals surface area contributed by atoms with Crippen molar-refractivity contribution in [2.45, 2.75) is 19.3 Å². The molecule has 2 atom stereocenters. The smallest absolute Gasteiger partial charge is 0.303 e. The molecule has 4 nitrogen and oxygen atoms in total. The zero-order chi connectivity index (χ0) is 9.68. The number of rotatable bonds is 4. The monoisotopic (exact) mass is 187 g/mol. The zero-order valence-corrected chi connectivity index (χ0v) is 7.74. The summed E-state index contributed by atoms with van der Waals surface area (Å²) < 4.78 is 5.30. The van der Waals surface area contributed by atoms with Gasteiger partial charge in [0.15, 0.2) is 0 Å². The first-order valence-electron chi connectivity index (χ1n) is 4.73. The second-order valence-corrected chi connectivity index (χ2v) is 3.57. The summed E-state index contributed by atoms with van der Waals surface area (Å²) in [5.74, 6) is -0.339. The van der Waals surface area contributed by atoms with Gasteiger partial charge in [-0.1, -0.05) is 0 Å². The van der Waals surface area contributed by atoms with Crippen LogP contribution in [0.15, 0.2) is 0 Å². The molecule has 0 aromatic rings. The fourth-order valence-electron chi connectivity index (χ4n) is 1.80. The van der Waals surface area contributed by atoms with E-state index in [1.54, 1.807) is 0 Å². The predicted molar refractivity (Wildman–Crippen MR) is 48.3 cm³/mol. The molecule has 3 N–H and O–H groups in total. The Hall–Kier alpha value is -0.610. The molecule has 13 heavy (non-hydrogen) atoms. The number of carboxylic acids is 1. The molecule has 2 unspecified atom stereocenters. The van der Waals surface area contributed by atoms with Crippen molar-refractivity contribution in [1.82, 2.24) is 0 Å². The molecule has 1 aliphatic heterocycles. The van der Waals surface area contributed by atoms with Gasteiger partial charge in [-0.05, 0) is 31.2 Å². The molecule has 0 radical (unpaired) electrons. The van der Waals surface area contributed by atoms with Crippen molar-refractivity contribution in [2.24, 2.45) is 17.6 Å². The molecule has 0 aliphatic carbocycles. The fourth-order valence-corrected chi connectivity index (χ4v) is 1.80. The summed E-state index contributed by atoms with van der Waals surface area (Å²) in [6, 6.07) is 0. The van der Waals surface area contributed by atoms with Gasteiger partial charge in [0.1, 0.15) is 0 Å². The highest BCUT2D eigenvalue weighted by Gasteiger charge is 2.24. The second-order valence-electron chi connectivity index (χ2n) is 3.57. The molecule has 1 fully saturated rings. The molecule has 0 saturated carbocycles. The highest BCUT2D eigenvalue weighted by molar-refractivity contribution is 5.67. The van der Waals surface area contributed by atoms with Crippen LogP contribution in [-0.4, -0.2) is 30.8 Å². The first-order valence-corrected chi connectivity index (χ1v) is 4.73. The summed E-state index contributed by atoms with van der Waals surface area (Å²) in [6.07, 6.45) is 2.25. The molecule has 4 heteroatoms. The Morgan fingerprint density at radius 2 is 2.46 bits per heavy atom. The maximum Gasteiger partial charge on any atom is 0.303 e. The average molecular weight is 187 g/mol. The highest BCUT2D eigenvalue weighted by Crippen LogP contribution is 2.24. The average Bonchev–Trinajstić information content (AvgIpc) is 2.15. The molecule has 0 amide bonds. The lowest BCUT2D eigenvalue weighted by atomic mass is 9.85. The number of nitrogens with two attached hydrogens (primary N) is 1. The van der Waals surface area contributed by atoms with Crippen molar-refractivity contribution in [3.63, 3.8) is 0 Å². The molecule has 76 valence electrons. The number of hydrogen-bond acceptors (Lipinski definition) is 3. The Kier molecular flexibility index (Phi) is 4.18. The van der Waals surface area contributed by atoms with Crippen molar-refractivity contribution >= 4 is 5.97 Å². The minimum Gasteiger partial charge on any atom is -0.481 e. The Bertz CT molecular complexity index is 166. The third-order valence-corrected chi connectivity index (χ3v) is 2.60. The summed E-state index contributed by atoms with van der Waals surface area (Å²) in [6.45, 7) is 1.93. The molecule has 1 heterocycles. The normalized spacial score (nSPS) is 25.5. The Labute approximate surface area is 78.1 Å². The van der Waals surface area contributed by atoms with Gasteiger partial charge in [-0.3, -0.25) is 4.79 Å². The summed E-state index contributed by atoms with van der Waals surface area (Å²) in [4.78, 5) is 10.5. The second kappa shape index (κ2) is 5.19. The van der Waals surface area contributed by atoms with E-state index in [0.29, 0.717) is 19.1 Å². The van der Waals surface area contributed by atoms with E-state index in [0.717, 1.165) is 19.4 Å². The largest absolute Gasteiger partial charge is 0.481 e. The molecule has 0 aromatic carbocycles. The number of carbonyl (C=O) groups is 1. The van der Waals surface area contributed by atoms with Gasteiger partial charge >= 0.3 is 5.97 Å². The summed E-state index contributed by atoms with van der Waals surface area (Å²) in [5.41, 5.74) is 5.53. The van der Waals surface area contributed by atoms with Crippen LogP contribution in [0.2, 0.25) is 0 Å². The predicted octanol–water partition coefficient (Wildman–Crippen LogP) is 0.463. The quantitative estimate of drug-likeness (QED) is 0.670. The SMILES string of the molecule is NCC(CC(=O)O)C1CCCOC1. The Morgan fingerprint density at radius 1 is 1.69 bits per heavy atom. The zero-order valence-electron chi connectivity index (χ0n) is 7.74. The van der Waals surface area contributed by atoms with E-state index in [2.05, 4.69) is 0 Å². The molecular formula is C9H17NO3.